The van der Waals surface area contributed by atoms with Gasteiger partial charge in [0.05, 0.1) is 17.6 Å². The van der Waals surface area contributed by atoms with Crippen molar-refractivity contribution in [3.8, 4) is 5.69 Å². The molecule has 2 amide bonds. The summed E-state index contributed by atoms with van der Waals surface area (Å²) < 4.78 is 6.79. The van der Waals surface area contributed by atoms with Gasteiger partial charge in [-0.15, -0.1) is 0 Å². The summed E-state index contributed by atoms with van der Waals surface area (Å²) in [6.07, 6.45) is 3.53. The Morgan fingerprint density at radius 1 is 0.973 bits per heavy atom. The molecule has 3 aromatic heterocycles. The summed E-state index contributed by atoms with van der Waals surface area (Å²) >= 11 is 0. The molecule has 1 aromatic carbocycles. The minimum Gasteiger partial charge on any atom is -0.459 e. The van der Waals surface area contributed by atoms with Crippen molar-refractivity contribution < 1.29 is 14.0 Å². The van der Waals surface area contributed by atoms with Crippen molar-refractivity contribution in [1.82, 2.24) is 24.8 Å². The number of pyridine rings is 1. The van der Waals surface area contributed by atoms with Crippen LogP contribution in [0.3, 0.4) is 0 Å². The number of amides is 2. The van der Waals surface area contributed by atoms with Crippen molar-refractivity contribution >= 4 is 28.8 Å². The van der Waals surface area contributed by atoms with Crippen LogP contribution in [0.4, 0.5) is 5.95 Å². The molecule has 4 heterocycles. The van der Waals surface area contributed by atoms with Crippen molar-refractivity contribution in [3.05, 3.63) is 82.2 Å². The highest BCUT2D eigenvalue weighted by Gasteiger charge is 2.26. The average molecular weight is 499 g/mol. The topological polar surface area (TPSA) is 114 Å². The van der Waals surface area contributed by atoms with E-state index in [1.54, 1.807) is 51.9 Å². The van der Waals surface area contributed by atoms with Gasteiger partial charge in [0, 0.05) is 49.2 Å². The molecule has 6 rings (SSSR count). The standard InChI is InChI=1S/C27H26N6O4/c1-17-21-10-11-23(34)33(20-8-4-18(5-9-20)25(35)29-19-6-7-19)24(21)30-27(28-17)32-14-12-31(13-15-32)26(36)22-3-2-16-37-22/h2-5,8-11,16,19H,6-7,12-15H2,1H3,(H,29,35). The van der Waals surface area contributed by atoms with E-state index in [4.69, 9.17) is 14.4 Å². The average Bonchev–Trinajstić information content (AvgIpc) is 3.56. The van der Waals surface area contributed by atoms with Crippen LogP contribution in [0.25, 0.3) is 16.7 Å². The van der Waals surface area contributed by atoms with Crippen LogP contribution in [0.5, 0.6) is 0 Å². The highest BCUT2D eigenvalue weighted by molar-refractivity contribution is 5.95. The molecule has 10 nitrogen and oxygen atoms in total. The first-order chi connectivity index (χ1) is 18.0. The van der Waals surface area contributed by atoms with Gasteiger partial charge in [0.15, 0.2) is 11.4 Å². The number of piperazine rings is 1. The lowest BCUT2D eigenvalue weighted by Gasteiger charge is -2.34. The van der Waals surface area contributed by atoms with Gasteiger partial charge >= 0.3 is 0 Å². The molecule has 2 fully saturated rings. The monoisotopic (exact) mass is 498 g/mol. The summed E-state index contributed by atoms with van der Waals surface area (Å²) in [4.78, 5) is 51.3. The number of benzene rings is 1. The molecule has 10 heteroatoms. The van der Waals surface area contributed by atoms with Crippen LogP contribution in [0.1, 0.15) is 39.4 Å². The lowest BCUT2D eigenvalue weighted by molar-refractivity contribution is 0.0714. The number of hydrogen-bond acceptors (Lipinski definition) is 7. The molecule has 0 radical (unpaired) electrons. The number of aromatic nitrogens is 3. The number of nitrogens with one attached hydrogen (secondary N) is 1. The van der Waals surface area contributed by atoms with E-state index in [0.29, 0.717) is 54.8 Å². The van der Waals surface area contributed by atoms with Crippen LogP contribution in [-0.4, -0.2) is 63.5 Å². The van der Waals surface area contributed by atoms with Gasteiger partial charge in [-0.05, 0) is 62.2 Å². The molecule has 0 unspecified atom stereocenters. The van der Waals surface area contributed by atoms with E-state index in [0.717, 1.165) is 23.9 Å². The van der Waals surface area contributed by atoms with Crippen molar-refractivity contribution in [3.63, 3.8) is 0 Å². The fraction of sp³-hybridized carbons (Fsp3) is 0.296. The van der Waals surface area contributed by atoms with Gasteiger partial charge in [0.2, 0.25) is 5.95 Å². The van der Waals surface area contributed by atoms with Gasteiger partial charge in [0.1, 0.15) is 0 Å². The minimum absolute atomic E-state index is 0.107. The van der Waals surface area contributed by atoms with Crippen molar-refractivity contribution in [1.29, 1.82) is 0 Å². The fourth-order valence-corrected chi connectivity index (χ4v) is 4.57. The third-order valence-electron chi connectivity index (χ3n) is 6.81. The molecule has 1 saturated heterocycles. The van der Waals surface area contributed by atoms with Crippen LogP contribution in [-0.2, 0) is 0 Å². The lowest BCUT2D eigenvalue weighted by Crippen LogP contribution is -2.49. The Bertz CT molecular complexity index is 1530. The first kappa shape index (κ1) is 23.0. The normalized spacial score (nSPS) is 15.7. The molecule has 1 N–H and O–H groups in total. The fourth-order valence-electron chi connectivity index (χ4n) is 4.57. The molecule has 4 aromatic rings. The maximum Gasteiger partial charge on any atom is 0.289 e. The number of hydrogen-bond donors (Lipinski definition) is 1. The zero-order valence-corrected chi connectivity index (χ0v) is 20.4. The number of anilines is 1. The van der Waals surface area contributed by atoms with E-state index in [-0.39, 0.29) is 23.4 Å². The van der Waals surface area contributed by atoms with Crippen molar-refractivity contribution in [2.45, 2.75) is 25.8 Å². The molecular formula is C27H26N6O4. The van der Waals surface area contributed by atoms with E-state index >= 15 is 0 Å². The van der Waals surface area contributed by atoms with E-state index < -0.39 is 0 Å². The number of nitrogens with zero attached hydrogens (tertiary/aromatic N) is 5. The second kappa shape index (κ2) is 9.20. The smallest absolute Gasteiger partial charge is 0.289 e. The van der Waals surface area contributed by atoms with Crippen molar-refractivity contribution in [2.24, 2.45) is 0 Å². The maximum absolute atomic E-state index is 13.0. The van der Waals surface area contributed by atoms with Gasteiger partial charge in [-0.25, -0.2) is 4.98 Å². The van der Waals surface area contributed by atoms with Crippen LogP contribution in [0.15, 0.2) is 64.0 Å². The Kier molecular flexibility index (Phi) is 5.71. The number of fused-ring (bicyclic) bond motifs is 1. The van der Waals surface area contributed by atoms with E-state index in [1.165, 1.54) is 12.3 Å². The quantitative estimate of drug-likeness (QED) is 0.450. The Labute approximate surface area is 212 Å². The van der Waals surface area contributed by atoms with Gasteiger partial charge in [-0.3, -0.25) is 19.0 Å². The summed E-state index contributed by atoms with van der Waals surface area (Å²) in [7, 11) is 0. The largest absolute Gasteiger partial charge is 0.459 e. The Morgan fingerprint density at radius 3 is 2.41 bits per heavy atom. The molecule has 0 spiro atoms. The molecule has 0 bridgehead atoms. The van der Waals surface area contributed by atoms with Gasteiger partial charge in [0.25, 0.3) is 17.4 Å². The molecule has 1 aliphatic heterocycles. The van der Waals surface area contributed by atoms with Gasteiger partial charge in [-0.2, -0.15) is 4.98 Å². The molecule has 1 saturated carbocycles. The van der Waals surface area contributed by atoms with E-state index in [1.807, 2.05) is 11.8 Å². The molecular weight excluding hydrogens is 472 g/mol. The molecule has 37 heavy (non-hydrogen) atoms. The zero-order valence-electron chi connectivity index (χ0n) is 20.4. The molecule has 0 atom stereocenters. The van der Waals surface area contributed by atoms with E-state index in [9.17, 15) is 14.4 Å². The lowest BCUT2D eigenvalue weighted by atomic mass is 10.1. The maximum atomic E-state index is 13.0. The summed E-state index contributed by atoms with van der Waals surface area (Å²) in [5.41, 5.74) is 2.21. The number of carbonyl (C=O) groups excluding carboxylic acids is 2. The summed E-state index contributed by atoms with van der Waals surface area (Å²) in [6.45, 7) is 4.01. The Morgan fingerprint density at radius 2 is 1.73 bits per heavy atom. The summed E-state index contributed by atoms with van der Waals surface area (Å²) in [5, 5.41) is 3.75. The second-order valence-electron chi connectivity index (χ2n) is 9.40. The first-order valence-electron chi connectivity index (χ1n) is 12.4. The van der Waals surface area contributed by atoms with Crippen LogP contribution >= 0.6 is 0 Å². The van der Waals surface area contributed by atoms with Crippen molar-refractivity contribution in [2.75, 3.05) is 31.1 Å². The molecule has 1 aliphatic carbocycles. The van der Waals surface area contributed by atoms with Crippen LogP contribution < -0.4 is 15.8 Å². The van der Waals surface area contributed by atoms with Crippen LogP contribution in [0, 0.1) is 6.92 Å². The second-order valence-corrected chi connectivity index (χ2v) is 9.40. The number of rotatable bonds is 5. The highest BCUT2D eigenvalue weighted by atomic mass is 16.3. The minimum atomic E-state index is -0.222. The Hall–Kier alpha value is -4.47. The third-order valence-corrected chi connectivity index (χ3v) is 6.81. The molecule has 188 valence electrons. The summed E-state index contributed by atoms with van der Waals surface area (Å²) in [5.74, 6) is 0.592. The third kappa shape index (κ3) is 4.46. The number of carbonyl (C=O) groups is 2. The van der Waals surface area contributed by atoms with Gasteiger partial charge in [-0.1, -0.05) is 0 Å². The van der Waals surface area contributed by atoms with E-state index in [2.05, 4.69) is 5.32 Å². The molecule has 2 aliphatic rings. The predicted molar refractivity (Wildman–Crippen MR) is 137 cm³/mol. The predicted octanol–water partition coefficient (Wildman–Crippen LogP) is 2.54. The Balaban J connectivity index is 1.29. The SMILES string of the molecule is Cc1nc(N2CCN(C(=O)c3ccco3)CC2)nc2c1ccc(=O)n2-c1ccc(C(=O)NC2CC2)cc1. The zero-order chi connectivity index (χ0) is 25.5. The highest BCUT2D eigenvalue weighted by Crippen LogP contribution is 2.23. The van der Waals surface area contributed by atoms with Crippen LogP contribution in [0.2, 0.25) is 0 Å². The number of aryl methyl sites for hydroxylation is 1. The van der Waals surface area contributed by atoms with Gasteiger partial charge < -0.3 is 19.5 Å². The summed E-state index contributed by atoms with van der Waals surface area (Å²) in [6, 6.07) is 13.9. The number of furan rings is 1. The first-order valence-corrected chi connectivity index (χ1v) is 12.4.